The summed E-state index contributed by atoms with van der Waals surface area (Å²) in [5.74, 6) is 0.400. The van der Waals surface area contributed by atoms with Crippen LogP contribution in [0.4, 0.5) is 0 Å². The molecular formula is C24H28N4O2. The number of piperidine rings is 1. The lowest BCUT2D eigenvalue weighted by Gasteiger charge is -2.36. The quantitative estimate of drug-likeness (QED) is 0.379. The number of aromatic nitrogens is 2. The van der Waals surface area contributed by atoms with Crippen molar-refractivity contribution in [1.82, 2.24) is 19.9 Å². The van der Waals surface area contributed by atoms with Gasteiger partial charge in [0.25, 0.3) is 5.91 Å². The summed E-state index contributed by atoms with van der Waals surface area (Å²) in [6.45, 7) is 6.67. The molecule has 1 aliphatic rings. The molecule has 1 atom stereocenters. The average molecular weight is 405 g/mol. The summed E-state index contributed by atoms with van der Waals surface area (Å²) >= 11 is 0. The molecule has 1 fully saturated rings. The zero-order valence-corrected chi connectivity index (χ0v) is 17.5. The Morgan fingerprint density at radius 2 is 2.07 bits per heavy atom. The number of hydrogen-bond acceptors (Lipinski definition) is 4. The number of rotatable bonds is 5. The molecule has 0 radical (unpaired) electrons. The highest BCUT2D eigenvalue weighted by Gasteiger charge is 2.26. The monoisotopic (exact) mass is 404 g/mol. The van der Waals surface area contributed by atoms with E-state index in [1.807, 2.05) is 24.3 Å². The van der Waals surface area contributed by atoms with Gasteiger partial charge in [-0.2, -0.15) is 0 Å². The van der Waals surface area contributed by atoms with E-state index < -0.39 is 5.91 Å². The Morgan fingerprint density at radius 3 is 2.87 bits per heavy atom. The van der Waals surface area contributed by atoms with Gasteiger partial charge in [-0.3, -0.25) is 14.9 Å². The molecule has 0 bridgehead atoms. The predicted molar refractivity (Wildman–Crippen MR) is 119 cm³/mol. The Bertz CT molecular complexity index is 1070. The first-order valence-corrected chi connectivity index (χ1v) is 10.5. The van der Waals surface area contributed by atoms with Gasteiger partial charge in [0, 0.05) is 30.3 Å². The van der Waals surface area contributed by atoms with Crippen LogP contribution in [0.2, 0.25) is 0 Å². The number of nitrogens with zero attached hydrogens (tertiary/aromatic N) is 3. The Labute approximate surface area is 176 Å². The van der Waals surface area contributed by atoms with E-state index in [1.165, 1.54) is 12.5 Å². The van der Waals surface area contributed by atoms with Gasteiger partial charge in [0.15, 0.2) is 0 Å². The first-order valence-electron chi connectivity index (χ1n) is 10.5. The molecule has 1 saturated heterocycles. The maximum absolute atomic E-state index is 11.3. The second-order valence-corrected chi connectivity index (χ2v) is 8.11. The molecule has 1 amide bonds. The second-order valence-electron chi connectivity index (χ2n) is 8.11. The van der Waals surface area contributed by atoms with Crippen molar-refractivity contribution in [1.29, 1.82) is 0 Å². The van der Waals surface area contributed by atoms with E-state index >= 15 is 0 Å². The van der Waals surface area contributed by atoms with E-state index in [0.29, 0.717) is 12.1 Å². The molecule has 2 heterocycles. The highest BCUT2D eigenvalue weighted by Crippen LogP contribution is 2.33. The number of amides is 1. The van der Waals surface area contributed by atoms with Crippen LogP contribution in [0, 0.1) is 0 Å². The number of hydrogen-bond donors (Lipinski definition) is 2. The third kappa shape index (κ3) is 4.15. The number of imidazole rings is 1. The lowest BCUT2D eigenvalue weighted by atomic mass is 10.0. The van der Waals surface area contributed by atoms with Gasteiger partial charge in [0.2, 0.25) is 0 Å². The van der Waals surface area contributed by atoms with Gasteiger partial charge in [-0.25, -0.2) is 10.5 Å². The number of benzene rings is 2. The molecule has 3 aromatic rings. The standard InChI is InChI=1S/C24H28N4O2/c1-17(2)27-14-6-9-20(16-27)28-22-11-4-3-10-21(22)25-24(28)19-8-5-7-18(15-19)12-13-23(29)26-30/h3-5,7-8,10-13,15,17,20,30H,6,9,14,16H2,1-2H3,(H,26,29)/b13-12+/t20-/m1/s1. The van der Waals surface area contributed by atoms with Crippen molar-refractivity contribution in [2.45, 2.75) is 38.8 Å². The molecule has 2 N–H and O–H groups in total. The number of likely N-dealkylation sites (tertiary alicyclic amines) is 1. The molecule has 0 saturated carbocycles. The van der Waals surface area contributed by atoms with Crippen molar-refractivity contribution in [3.8, 4) is 11.4 Å². The van der Waals surface area contributed by atoms with Gasteiger partial charge in [-0.1, -0.05) is 30.3 Å². The van der Waals surface area contributed by atoms with Gasteiger partial charge in [0.1, 0.15) is 5.82 Å². The van der Waals surface area contributed by atoms with E-state index in [-0.39, 0.29) is 0 Å². The molecule has 6 heteroatoms. The summed E-state index contributed by atoms with van der Waals surface area (Å²) in [6, 6.07) is 17.2. The minimum atomic E-state index is -0.552. The largest absolute Gasteiger partial charge is 0.320 e. The molecule has 6 nitrogen and oxygen atoms in total. The number of para-hydroxylation sites is 2. The summed E-state index contributed by atoms with van der Waals surface area (Å²) < 4.78 is 2.40. The normalized spacial score (nSPS) is 17.8. The van der Waals surface area contributed by atoms with Crippen LogP contribution in [0.15, 0.2) is 54.6 Å². The van der Waals surface area contributed by atoms with Crippen LogP contribution in [0.25, 0.3) is 28.5 Å². The number of nitrogens with one attached hydrogen (secondary N) is 1. The highest BCUT2D eigenvalue weighted by molar-refractivity contribution is 5.91. The fraction of sp³-hybridized carbons (Fsp3) is 0.333. The van der Waals surface area contributed by atoms with Crippen LogP contribution in [0.1, 0.15) is 38.3 Å². The highest BCUT2D eigenvalue weighted by atomic mass is 16.5. The third-order valence-corrected chi connectivity index (χ3v) is 5.80. The van der Waals surface area contributed by atoms with Crippen molar-refractivity contribution in [3.05, 3.63) is 60.2 Å². The average Bonchev–Trinajstić information content (AvgIpc) is 3.17. The smallest absolute Gasteiger partial charge is 0.267 e. The van der Waals surface area contributed by atoms with Gasteiger partial charge in [-0.05, 0) is 63.1 Å². The zero-order valence-electron chi connectivity index (χ0n) is 17.5. The zero-order chi connectivity index (χ0) is 21.1. The molecular weight excluding hydrogens is 376 g/mol. The van der Waals surface area contributed by atoms with Crippen LogP contribution >= 0.6 is 0 Å². The SMILES string of the molecule is CC(C)N1CCC[C@@H](n2c(-c3cccc(/C=C/C(=O)NO)c3)nc3ccccc32)C1. The number of carbonyl (C=O) groups is 1. The molecule has 0 aliphatic carbocycles. The number of hydroxylamine groups is 1. The summed E-state index contributed by atoms with van der Waals surface area (Å²) in [6.07, 6.45) is 5.30. The van der Waals surface area contributed by atoms with Crippen LogP contribution < -0.4 is 5.48 Å². The molecule has 0 unspecified atom stereocenters. The molecule has 1 aliphatic heterocycles. The van der Waals surface area contributed by atoms with Gasteiger partial charge >= 0.3 is 0 Å². The summed E-state index contributed by atoms with van der Waals surface area (Å²) in [4.78, 5) is 18.9. The molecule has 156 valence electrons. The van der Waals surface area contributed by atoms with E-state index in [1.54, 1.807) is 11.6 Å². The number of carbonyl (C=O) groups excluding carboxylic acids is 1. The minimum Gasteiger partial charge on any atom is -0.320 e. The van der Waals surface area contributed by atoms with Gasteiger partial charge in [-0.15, -0.1) is 0 Å². The first-order chi connectivity index (χ1) is 14.6. The number of fused-ring (bicyclic) bond motifs is 1. The lowest BCUT2D eigenvalue weighted by Crippen LogP contribution is -2.40. The molecule has 2 aromatic carbocycles. The Balaban J connectivity index is 1.77. The Morgan fingerprint density at radius 1 is 1.23 bits per heavy atom. The van der Waals surface area contributed by atoms with Crippen molar-refractivity contribution >= 4 is 23.0 Å². The molecule has 1 aromatic heterocycles. The maximum atomic E-state index is 11.3. The Hall–Kier alpha value is -2.96. The van der Waals surface area contributed by atoms with E-state index in [4.69, 9.17) is 10.2 Å². The molecule has 4 rings (SSSR count). The van der Waals surface area contributed by atoms with Crippen molar-refractivity contribution < 1.29 is 10.0 Å². The van der Waals surface area contributed by atoms with E-state index in [0.717, 1.165) is 47.5 Å². The van der Waals surface area contributed by atoms with Crippen LogP contribution in [0.5, 0.6) is 0 Å². The molecule has 0 spiro atoms. The minimum absolute atomic E-state index is 0.364. The first kappa shape index (κ1) is 20.3. The van der Waals surface area contributed by atoms with E-state index in [9.17, 15) is 4.79 Å². The summed E-state index contributed by atoms with van der Waals surface area (Å²) in [5, 5.41) is 8.70. The van der Waals surface area contributed by atoms with Gasteiger partial charge < -0.3 is 4.57 Å². The van der Waals surface area contributed by atoms with E-state index in [2.05, 4.69) is 47.6 Å². The van der Waals surface area contributed by atoms with Crippen LogP contribution in [-0.2, 0) is 4.79 Å². The topological polar surface area (TPSA) is 70.4 Å². The summed E-state index contributed by atoms with van der Waals surface area (Å²) in [7, 11) is 0. The fourth-order valence-corrected chi connectivity index (χ4v) is 4.27. The fourth-order valence-electron chi connectivity index (χ4n) is 4.27. The summed E-state index contributed by atoms with van der Waals surface area (Å²) in [5.41, 5.74) is 5.66. The second kappa shape index (κ2) is 8.81. The van der Waals surface area contributed by atoms with Crippen LogP contribution in [0.3, 0.4) is 0 Å². The van der Waals surface area contributed by atoms with Crippen molar-refractivity contribution in [2.24, 2.45) is 0 Å². The predicted octanol–water partition coefficient (Wildman–Crippen LogP) is 4.27. The molecule has 30 heavy (non-hydrogen) atoms. The van der Waals surface area contributed by atoms with Crippen LogP contribution in [-0.4, -0.2) is 44.7 Å². The van der Waals surface area contributed by atoms with Crippen molar-refractivity contribution in [2.75, 3.05) is 13.1 Å². The Kier molecular flexibility index (Phi) is 5.97. The maximum Gasteiger partial charge on any atom is 0.267 e. The van der Waals surface area contributed by atoms with Gasteiger partial charge in [0.05, 0.1) is 11.0 Å². The third-order valence-electron chi connectivity index (χ3n) is 5.80. The lowest BCUT2D eigenvalue weighted by molar-refractivity contribution is -0.124. The van der Waals surface area contributed by atoms with Crippen molar-refractivity contribution in [3.63, 3.8) is 0 Å².